The first-order valence-electron chi connectivity index (χ1n) is 7.00. The zero-order chi connectivity index (χ0) is 13.1. The van der Waals surface area contributed by atoms with Crippen molar-refractivity contribution in [3.63, 3.8) is 0 Å². The predicted octanol–water partition coefficient (Wildman–Crippen LogP) is 4.18. The molecule has 0 bridgehead atoms. The van der Waals surface area contributed by atoms with Crippen LogP contribution >= 0.6 is 0 Å². The Bertz CT molecular complexity index is 431. The highest BCUT2D eigenvalue weighted by Crippen LogP contribution is 2.28. The van der Waals surface area contributed by atoms with E-state index in [9.17, 15) is 0 Å². The van der Waals surface area contributed by atoms with Crippen LogP contribution in [0.1, 0.15) is 48.8 Å². The molecule has 0 heterocycles. The molecular weight excluding hydrogens is 220 g/mol. The maximum atomic E-state index is 6.21. The summed E-state index contributed by atoms with van der Waals surface area (Å²) in [6.07, 6.45) is 6.37. The molecule has 2 heteroatoms. The van der Waals surface area contributed by atoms with Gasteiger partial charge in [0.25, 0.3) is 0 Å². The minimum Gasteiger partial charge on any atom is -0.387 e. The normalized spacial score (nSPS) is 18.1. The molecule has 1 aromatic carbocycles. The highest BCUT2D eigenvalue weighted by atomic mass is 14.9. The zero-order valence-corrected chi connectivity index (χ0v) is 11.8. The first-order chi connectivity index (χ1) is 8.58. The van der Waals surface area contributed by atoms with Crippen molar-refractivity contribution in [2.24, 2.45) is 16.6 Å². The smallest absolute Gasteiger partial charge is 0.103 e. The number of aryl methyl sites for hydroxylation is 3. The average Bonchev–Trinajstić information content (AvgIpc) is 2.34. The average molecular weight is 244 g/mol. The van der Waals surface area contributed by atoms with E-state index < -0.39 is 0 Å². The Morgan fingerprint density at radius 1 is 1.06 bits per heavy atom. The van der Waals surface area contributed by atoms with Gasteiger partial charge in [-0.3, -0.25) is 0 Å². The molecular formula is C16H24N2. The van der Waals surface area contributed by atoms with Crippen LogP contribution in [-0.2, 0) is 0 Å². The van der Waals surface area contributed by atoms with Crippen molar-refractivity contribution in [2.45, 2.75) is 52.9 Å². The molecule has 2 N–H and O–H groups in total. The predicted molar refractivity (Wildman–Crippen MR) is 78.5 cm³/mol. The molecule has 2 nitrogen and oxygen atoms in total. The number of aliphatic imine (C=N–C) groups is 1. The van der Waals surface area contributed by atoms with Gasteiger partial charge in [-0.25, -0.2) is 4.99 Å². The molecule has 0 amide bonds. The van der Waals surface area contributed by atoms with Gasteiger partial charge in [0.05, 0.1) is 5.69 Å². The van der Waals surface area contributed by atoms with Crippen LogP contribution in [0.2, 0.25) is 0 Å². The third-order valence-corrected chi connectivity index (χ3v) is 3.90. The van der Waals surface area contributed by atoms with Crippen molar-refractivity contribution in [1.82, 2.24) is 0 Å². The van der Waals surface area contributed by atoms with Crippen LogP contribution < -0.4 is 5.73 Å². The van der Waals surface area contributed by atoms with Crippen LogP contribution in [0.4, 0.5) is 5.69 Å². The number of amidine groups is 1. The van der Waals surface area contributed by atoms with Crippen LogP contribution in [0.15, 0.2) is 17.1 Å². The lowest BCUT2D eigenvalue weighted by Crippen LogP contribution is -2.25. The molecule has 98 valence electrons. The minimum absolute atomic E-state index is 0.499. The number of hydrogen-bond acceptors (Lipinski definition) is 1. The fourth-order valence-corrected chi connectivity index (χ4v) is 2.97. The van der Waals surface area contributed by atoms with Gasteiger partial charge in [-0.05, 0) is 44.7 Å². The number of nitrogens with zero attached hydrogens (tertiary/aromatic N) is 1. The molecule has 1 saturated carbocycles. The van der Waals surface area contributed by atoms with Gasteiger partial charge in [0, 0.05) is 5.92 Å². The summed E-state index contributed by atoms with van der Waals surface area (Å²) in [4.78, 5) is 4.72. The fraction of sp³-hybridized carbons (Fsp3) is 0.562. The molecule has 0 atom stereocenters. The van der Waals surface area contributed by atoms with Gasteiger partial charge in [0.2, 0.25) is 0 Å². The van der Waals surface area contributed by atoms with E-state index in [1.807, 2.05) is 0 Å². The van der Waals surface area contributed by atoms with E-state index >= 15 is 0 Å². The summed E-state index contributed by atoms with van der Waals surface area (Å²) in [7, 11) is 0. The Balaban J connectivity index is 2.26. The van der Waals surface area contributed by atoms with E-state index in [2.05, 4.69) is 32.9 Å². The highest BCUT2D eigenvalue weighted by Gasteiger charge is 2.17. The summed E-state index contributed by atoms with van der Waals surface area (Å²) in [5.41, 5.74) is 11.0. The molecule has 0 spiro atoms. The Kier molecular flexibility index (Phi) is 4.05. The van der Waals surface area contributed by atoms with E-state index in [0.717, 1.165) is 11.5 Å². The molecule has 0 aliphatic heterocycles. The molecule has 0 radical (unpaired) electrons. The number of hydrogen-bond donors (Lipinski definition) is 1. The second-order valence-electron chi connectivity index (χ2n) is 5.62. The Labute approximate surface area is 110 Å². The van der Waals surface area contributed by atoms with Gasteiger partial charge in [-0.15, -0.1) is 0 Å². The van der Waals surface area contributed by atoms with Crippen molar-refractivity contribution < 1.29 is 0 Å². The van der Waals surface area contributed by atoms with Crippen LogP contribution in [0.5, 0.6) is 0 Å². The zero-order valence-electron chi connectivity index (χ0n) is 11.8. The molecule has 0 saturated heterocycles. The third kappa shape index (κ3) is 2.92. The lowest BCUT2D eigenvalue weighted by molar-refractivity contribution is 0.437. The standard InChI is InChI=1S/C16H24N2/c1-11-9-12(2)15(13(3)10-11)18-16(17)14-7-5-4-6-8-14/h9-10,14H,4-8H2,1-3H3,(H2,17,18). The summed E-state index contributed by atoms with van der Waals surface area (Å²) < 4.78 is 0. The third-order valence-electron chi connectivity index (χ3n) is 3.90. The minimum atomic E-state index is 0.499. The van der Waals surface area contributed by atoms with Crippen LogP contribution in [0.25, 0.3) is 0 Å². The monoisotopic (exact) mass is 244 g/mol. The second-order valence-corrected chi connectivity index (χ2v) is 5.62. The summed E-state index contributed by atoms with van der Waals surface area (Å²) in [5, 5.41) is 0. The lowest BCUT2D eigenvalue weighted by Gasteiger charge is -2.21. The lowest BCUT2D eigenvalue weighted by atomic mass is 9.88. The topological polar surface area (TPSA) is 38.4 Å². The first kappa shape index (κ1) is 13.1. The summed E-state index contributed by atoms with van der Waals surface area (Å²) >= 11 is 0. The number of rotatable bonds is 2. The van der Waals surface area contributed by atoms with E-state index in [0.29, 0.717) is 5.92 Å². The maximum Gasteiger partial charge on any atom is 0.103 e. The molecule has 1 fully saturated rings. The second kappa shape index (κ2) is 5.55. The van der Waals surface area contributed by atoms with Crippen molar-refractivity contribution in [2.75, 3.05) is 0 Å². The molecule has 0 aromatic heterocycles. The van der Waals surface area contributed by atoms with E-state index in [-0.39, 0.29) is 0 Å². The SMILES string of the molecule is Cc1cc(C)c(N=C(N)C2CCCCC2)c(C)c1. The van der Waals surface area contributed by atoms with E-state index in [4.69, 9.17) is 10.7 Å². The molecule has 18 heavy (non-hydrogen) atoms. The van der Waals surface area contributed by atoms with Crippen LogP contribution in [-0.4, -0.2) is 5.84 Å². The van der Waals surface area contributed by atoms with Gasteiger partial charge in [-0.1, -0.05) is 37.0 Å². The number of nitrogens with two attached hydrogens (primary N) is 1. The van der Waals surface area contributed by atoms with Crippen molar-refractivity contribution in [3.05, 3.63) is 28.8 Å². The van der Waals surface area contributed by atoms with Gasteiger partial charge in [0.1, 0.15) is 5.84 Å². The van der Waals surface area contributed by atoms with Crippen LogP contribution in [0.3, 0.4) is 0 Å². The largest absolute Gasteiger partial charge is 0.387 e. The van der Waals surface area contributed by atoms with Crippen LogP contribution in [0, 0.1) is 26.7 Å². The molecule has 1 aliphatic rings. The highest BCUT2D eigenvalue weighted by molar-refractivity contribution is 5.86. The summed E-state index contributed by atoms with van der Waals surface area (Å²) in [6.45, 7) is 6.36. The van der Waals surface area contributed by atoms with Crippen molar-refractivity contribution >= 4 is 11.5 Å². The molecule has 0 unspecified atom stereocenters. The Morgan fingerprint density at radius 2 is 1.61 bits per heavy atom. The van der Waals surface area contributed by atoms with E-state index in [1.54, 1.807) is 0 Å². The van der Waals surface area contributed by atoms with Gasteiger partial charge in [0.15, 0.2) is 0 Å². The fourth-order valence-electron chi connectivity index (χ4n) is 2.97. The quantitative estimate of drug-likeness (QED) is 0.615. The van der Waals surface area contributed by atoms with E-state index in [1.165, 1.54) is 48.8 Å². The molecule has 1 aliphatic carbocycles. The van der Waals surface area contributed by atoms with Crippen molar-refractivity contribution in [3.8, 4) is 0 Å². The summed E-state index contributed by atoms with van der Waals surface area (Å²) in [6, 6.07) is 4.36. The van der Waals surface area contributed by atoms with Gasteiger partial charge in [-0.2, -0.15) is 0 Å². The Hall–Kier alpha value is -1.31. The van der Waals surface area contributed by atoms with Gasteiger partial charge >= 0.3 is 0 Å². The maximum absolute atomic E-state index is 6.21. The molecule has 2 rings (SSSR count). The van der Waals surface area contributed by atoms with Crippen molar-refractivity contribution in [1.29, 1.82) is 0 Å². The first-order valence-corrected chi connectivity index (χ1v) is 7.00. The summed E-state index contributed by atoms with van der Waals surface area (Å²) in [5.74, 6) is 1.34. The number of benzene rings is 1. The molecule has 1 aromatic rings. The Morgan fingerprint density at radius 3 is 2.17 bits per heavy atom. The van der Waals surface area contributed by atoms with Gasteiger partial charge < -0.3 is 5.73 Å².